The van der Waals surface area contributed by atoms with Crippen LogP contribution in [0.2, 0.25) is 0 Å². The molecule has 1 atom stereocenters. The predicted octanol–water partition coefficient (Wildman–Crippen LogP) is 2.93. The quantitative estimate of drug-likeness (QED) is 0.464. The Kier molecular flexibility index (Phi) is 5.55. The van der Waals surface area contributed by atoms with Crippen LogP contribution in [0.4, 0.5) is 5.69 Å². The highest BCUT2D eigenvalue weighted by molar-refractivity contribution is 7.95. The van der Waals surface area contributed by atoms with Crippen molar-refractivity contribution in [2.24, 2.45) is 0 Å². The van der Waals surface area contributed by atoms with Gasteiger partial charge in [-0.3, -0.25) is 10.1 Å². The molecule has 150 valence electrons. The molecule has 0 radical (unpaired) electrons. The van der Waals surface area contributed by atoms with Gasteiger partial charge < -0.3 is 10.1 Å². The highest BCUT2D eigenvalue weighted by atomic mass is 32.2. The van der Waals surface area contributed by atoms with Crippen LogP contribution in [0.5, 0.6) is 0 Å². The van der Waals surface area contributed by atoms with E-state index in [1.807, 2.05) is 0 Å². The van der Waals surface area contributed by atoms with Crippen LogP contribution in [0.1, 0.15) is 44.6 Å². The van der Waals surface area contributed by atoms with Gasteiger partial charge in [-0.05, 0) is 38.7 Å². The molecule has 1 aromatic carbocycles. The van der Waals surface area contributed by atoms with E-state index < -0.39 is 26.6 Å². The largest absolute Gasteiger partial charge is 0.463 e. The van der Waals surface area contributed by atoms with Crippen molar-refractivity contribution in [3.8, 4) is 0 Å². The molecule has 2 heterocycles. The zero-order valence-electron chi connectivity index (χ0n) is 15.7. The molecule has 0 saturated heterocycles. The lowest BCUT2D eigenvalue weighted by Gasteiger charge is -2.31. The predicted molar refractivity (Wildman–Crippen MR) is 103 cm³/mol. The lowest BCUT2D eigenvalue weighted by atomic mass is 9.85. The molecule has 2 aliphatic heterocycles. The third kappa shape index (κ3) is 3.66. The van der Waals surface area contributed by atoms with Crippen molar-refractivity contribution in [1.29, 1.82) is 0 Å². The Morgan fingerprint density at radius 3 is 2.79 bits per heavy atom. The molecule has 1 aromatic rings. The summed E-state index contributed by atoms with van der Waals surface area (Å²) >= 11 is 0. The number of nitro benzene ring substituents is 1. The van der Waals surface area contributed by atoms with Crippen LogP contribution in [0.15, 0.2) is 46.1 Å². The number of hydrogen-bond acceptors (Lipinski definition) is 7. The number of nitro groups is 1. The molecular formula is C19H22N2O6S. The monoisotopic (exact) mass is 406 g/mol. The van der Waals surface area contributed by atoms with E-state index in [9.17, 15) is 23.3 Å². The number of dihydropyridines is 1. The number of allylic oxidation sites excluding steroid dienone is 3. The number of carbonyl (C=O) groups is 1. The van der Waals surface area contributed by atoms with Crippen LogP contribution >= 0.6 is 0 Å². The minimum atomic E-state index is -3.65. The van der Waals surface area contributed by atoms with Crippen molar-refractivity contribution in [2.45, 2.75) is 39.0 Å². The van der Waals surface area contributed by atoms with E-state index in [1.165, 1.54) is 18.2 Å². The topological polar surface area (TPSA) is 116 Å². The van der Waals surface area contributed by atoms with Crippen LogP contribution < -0.4 is 5.32 Å². The Labute approximate surface area is 163 Å². The fourth-order valence-corrected chi connectivity index (χ4v) is 5.70. The number of rotatable bonds is 4. The lowest BCUT2D eigenvalue weighted by Crippen LogP contribution is -2.32. The minimum Gasteiger partial charge on any atom is -0.463 e. The molecule has 0 aliphatic carbocycles. The summed E-state index contributed by atoms with van der Waals surface area (Å²) in [5.41, 5.74) is 1.46. The van der Waals surface area contributed by atoms with Crippen LogP contribution in [0, 0.1) is 10.1 Å². The molecule has 3 rings (SSSR count). The smallest absolute Gasteiger partial charge is 0.336 e. The summed E-state index contributed by atoms with van der Waals surface area (Å²) in [6.07, 6.45) is 1.76. The fraction of sp³-hybridized carbons (Fsp3) is 0.421. The van der Waals surface area contributed by atoms with Gasteiger partial charge in [0.05, 0.1) is 33.7 Å². The van der Waals surface area contributed by atoms with Gasteiger partial charge in [0.25, 0.3) is 5.69 Å². The van der Waals surface area contributed by atoms with E-state index in [0.29, 0.717) is 36.2 Å². The Bertz CT molecular complexity index is 993. The zero-order chi connectivity index (χ0) is 20.5. The SMILES string of the molecule is CCOC(=O)C1=C(C)NC2=C(C1c1cccc([N+](=O)[O-])c1)S(=O)(=O)CCCC2. The number of ether oxygens (including phenoxy) is 1. The maximum Gasteiger partial charge on any atom is 0.336 e. The van der Waals surface area contributed by atoms with Crippen molar-refractivity contribution in [3.63, 3.8) is 0 Å². The molecule has 0 bridgehead atoms. The number of non-ortho nitro benzene ring substituents is 1. The van der Waals surface area contributed by atoms with Gasteiger partial charge in [-0.25, -0.2) is 13.2 Å². The average molecular weight is 406 g/mol. The molecule has 2 aliphatic rings. The van der Waals surface area contributed by atoms with Crippen molar-refractivity contribution < 1.29 is 22.9 Å². The Hall–Kier alpha value is -2.68. The maximum atomic E-state index is 13.1. The summed E-state index contributed by atoms with van der Waals surface area (Å²) in [5.74, 6) is -1.58. The van der Waals surface area contributed by atoms with Gasteiger partial charge in [-0.15, -0.1) is 0 Å². The van der Waals surface area contributed by atoms with Gasteiger partial charge in [0, 0.05) is 23.5 Å². The highest BCUT2D eigenvalue weighted by Gasteiger charge is 2.41. The van der Waals surface area contributed by atoms with Gasteiger partial charge in [0.1, 0.15) is 0 Å². The van der Waals surface area contributed by atoms with Crippen molar-refractivity contribution in [2.75, 3.05) is 12.4 Å². The first kappa shape index (κ1) is 20.1. The number of hydrogen-bond donors (Lipinski definition) is 1. The van der Waals surface area contributed by atoms with E-state index in [2.05, 4.69) is 5.32 Å². The second kappa shape index (κ2) is 7.75. The molecule has 0 amide bonds. The fourth-order valence-electron chi connectivity index (χ4n) is 3.75. The number of carbonyl (C=O) groups excluding carboxylic acids is 1. The van der Waals surface area contributed by atoms with E-state index in [0.717, 1.165) is 0 Å². The van der Waals surface area contributed by atoms with E-state index in [4.69, 9.17) is 4.74 Å². The second-order valence-electron chi connectivity index (χ2n) is 6.79. The molecule has 28 heavy (non-hydrogen) atoms. The number of nitrogens with zero attached hydrogens (tertiary/aromatic N) is 1. The van der Waals surface area contributed by atoms with Crippen molar-refractivity contribution in [3.05, 3.63) is 61.8 Å². The first-order valence-corrected chi connectivity index (χ1v) is 10.8. The summed E-state index contributed by atoms with van der Waals surface area (Å²) in [6, 6.07) is 5.77. The number of nitrogens with one attached hydrogen (secondary N) is 1. The molecule has 0 spiro atoms. The summed E-state index contributed by atoms with van der Waals surface area (Å²) in [4.78, 5) is 23.5. The Morgan fingerprint density at radius 2 is 2.11 bits per heavy atom. The van der Waals surface area contributed by atoms with Crippen LogP contribution in [0.25, 0.3) is 0 Å². The third-order valence-corrected chi connectivity index (χ3v) is 6.90. The molecule has 0 saturated carbocycles. The molecule has 0 fully saturated rings. The normalized spacial score (nSPS) is 21.4. The van der Waals surface area contributed by atoms with E-state index in [1.54, 1.807) is 19.9 Å². The first-order chi connectivity index (χ1) is 13.3. The summed E-state index contributed by atoms with van der Waals surface area (Å²) in [5, 5.41) is 14.3. The van der Waals surface area contributed by atoms with Gasteiger partial charge >= 0.3 is 5.97 Å². The average Bonchev–Trinajstić information content (AvgIpc) is 2.78. The van der Waals surface area contributed by atoms with Gasteiger partial charge in [0.15, 0.2) is 9.84 Å². The molecular weight excluding hydrogens is 384 g/mol. The van der Waals surface area contributed by atoms with Crippen molar-refractivity contribution >= 4 is 21.5 Å². The lowest BCUT2D eigenvalue weighted by molar-refractivity contribution is -0.384. The second-order valence-corrected chi connectivity index (χ2v) is 8.87. The van der Waals surface area contributed by atoms with Gasteiger partial charge in [0.2, 0.25) is 0 Å². The number of esters is 1. The van der Waals surface area contributed by atoms with Crippen LogP contribution in [0.3, 0.4) is 0 Å². The number of sulfone groups is 1. The molecule has 0 aromatic heterocycles. The van der Waals surface area contributed by atoms with Gasteiger partial charge in [-0.2, -0.15) is 0 Å². The summed E-state index contributed by atoms with van der Waals surface area (Å²) in [6.45, 7) is 3.49. The standard InChI is InChI=1S/C19H22N2O6S/c1-3-27-19(22)16-12(2)20-15-9-4-5-10-28(25,26)18(15)17(16)13-7-6-8-14(11-13)21(23)24/h6-8,11,17,20H,3-5,9-10H2,1-2H3. The van der Waals surface area contributed by atoms with Crippen LogP contribution in [-0.4, -0.2) is 31.7 Å². The first-order valence-electron chi connectivity index (χ1n) is 9.11. The van der Waals surface area contributed by atoms with E-state index in [-0.39, 0.29) is 28.5 Å². The molecule has 9 heteroatoms. The Morgan fingerprint density at radius 1 is 1.36 bits per heavy atom. The minimum absolute atomic E-state index is 0.0197. The van der Waals surface area contributed by atoms with Gasteiger partial charge in [-0.1, -0.05) is 12.1 Å². The van der Waals surface area contributed by atoms with E-state index >= 15 is 0 Å². The van der Waals surface area contributed by atoms with Crippen molar-refractivity contribution in [1.82, 2.24) is 5.32 Å². The summed E-state index contributed by atoms with van der Waals surface area (Å²) in [7, 11) is -3.65. The number of benzene rings is 1. The molecule has 1 N–H and O–H groups in total. The molecule has 8 nitrogen and oxygen atoms in total. The maximum absolute atomic E-state index is 13.1. The zero-order valence-corrected chi connectivity index (χ0v) is 16.5. The van der Waals surface area contributed by atoms with Crippen LogP contribution in [-0.2, 0) is 19.4 Å². The Balaban J connectivity index is 2.26. The molecule has 1 unspecified atom stereocenters. The summed E-state index contributed by atoms with van der Waals surface area (Å²) < 4.78 is 31.3. The highest BCUT2D eigenvalue weighted by Crippen LogP contribution is 2.44. The third-order valence-electron chi connectivity index (χ3n) is 4.93.